The number of hydrogen-bond donors (Lipinski definition) is 1. The lowest BCUT2D eigenvalue weighted by Crippen LogP contribution is -2.34. The van der Waals surface area contributed by atoms with E-state index in [-0.39, 0.29) is 5.41 Å². The highest BCUT2D eigenvalue weighted by molar-refractivity contribution is 4.86. The first-order valence-corrected chi connectivity index (χ1v) is 5.00. The second-order valence-electron chi connectivity index (χ2n) is 3.87. The molecule has 1 aliphatic carbocycles. The van der Waals surface area contributed by atoms with Crippen LogP contribution in [0, 0.1) is 5.41 Å². The van der Waals surface area contributed by atoms with Crippen LogP contribution in [-0.4, -0.2) is 38.6 Å². The van der Waals surface area contributed by atoms with Gasteiger partial charge in [0.05, 0.1) is 13.2 Å². The van der Waals surface area contributed by atoms with E-state index in [0.29, 0.717) is 19.8 Å². The molecule has 13 heavy (non-hydrogen) atoms. The van der Waals surface area contributed by atoms with Crippen LogP contribution in [-0.2, 0) is 9.47 Å². The highest BCUT2D eigenvalue weighted by Crippen LogP contribution is 2.43. The summed E-state index contributed by atoms with van der Waals surface area (Å²) in [7, 11) is 1.67. The summed E-state index contributed by atoms with van der Waals surface area (Å²) in [6, 6.07) is 0. The quantitative estimate of drug-likeness (QED) is 0.610. The predicted octanol–water partition coefficient (Wildman–Crippen LogP) is 1.20. The topological polar surface area (TPSA) is 38.7 Å². The van der Waals surface area contributed by atoms with Crippen molar-refractivity contribution in [3.05, 3.63) is 0 Å². The van der Waals surface area contributed by atoms with Gasteiger partial charge in [-0.05, 0) is 24.7 Å². The Labute approximate surface area is 80.0 Å². The molecule has 1 N–H and O–H groups in total. The van der Waals surface area contributed by atoms with Gasteiger partial charge < -0.3 is 14.6 Å². The van der Waals surface area contributed by atoms with Gasteiger partial charge in [-0.15, -0.1) is 0 Å². The highest BCUT2D eigenvalue weighted by Gasteiger charge is 2.35. The third kappa shape index (κ3) is 3.25. The standard InChI is InChI=1S/C10H20O3/c1-12-7-8-13-6-5-10(9-11)3-2-4-10/h11H,2-9H2,1H3. The first-order chi connectivity index (χ1) is 6.33. The zero-order valence-corrected chi connectivity index (χ0v) is 8.42. The first-order valence-electron chi connectivity index (χ1n) is 5.00. The van der Waals surface area contributed by atoms with Crippen molar-refractivity contribution in [3.63, 3.8) is 0 Å². The van der Waals surface area contributed by atoms with E-state index in [4.69, 9.17) is 14.6 Å². The average molecular weight is 188 g/mol. The molecule has 0 aromatic carbocycles. The van der Waals surface area contributed by atoms with Gasteiger partial charge in [0.25, 0.3) is 0 Å². The number of aliphatic hydroxyl groups is 1. The van der Waals surface area contributed by atoms with Crippen LogP contribution in [0.25, 0.3) is 0 Å². The monoisotopic (exact) mass is 188 g/mol. The van der Waals surface area contributed by atoms with Gasteiger partial charge in [0, 0.05) is 20.3 Å². The van der Waals surface area contributed by atoms with Crippen molar-refractivity contribution in [1.82, 2.24) is 0 Å². The number of rotatable bonds is 7. The first kappa shape index (κ1) is 11.0. The molecule has 0 bridgehead atoms. The Bertz CT molecular complexity index is 127. The summed E-state index contributed by atoms with van der Waals surface area (Å²) >= 11 is 0. The van der Waals surface area contributed by atoms with Crippen LogP contribution in [0.15, 0.2) is 0 Å². The van der Waals surface area contributed by atoms with Gasteiger partial charge in [-0.25, -0.2) is 0 Å². The zero-order chi connectivity index (χ0) is 9.57. The Morgan fingerprint density at radius 2 is 2.00 bits per heavy atom. The van der Waals surface area contributed by atoms with Crippen LogP contribution in [0.4, 0.5) is 0 Å². The Morgan fingerprint density at radius 3 is 2.46 bits per heavy atom. The minimum Gasteiger partial charge on any atom is -0.396 e. The molecule has 0 aromatic rings. The fourth-order valence-corrected chi connectivity index (χ4v) is 1.70. The fourth-order valence-electron chi connectivity index (χ4n) is 1.70. The minimum atomic E-state index is 0.201. The van der Waals surface area contributed by atoms with Crippen molar-refractivity contribution in [2.45, 2.75) is 25.7 Å². The SMILES string of the molecule is COCCOCCC1(CO)CCC1. The van der Waals surface area contributed by atoms with E-state index in [1.807, 2.05) is 0 Å². The van der Waals surface area contributed by atoms with E-state index in [1.165, 1.54) is 6.42 Å². The Kier molecular flexibility index (Phi) is 4.70. The lowest BCUT2D eigenvalue weighted by molar-refractivity contribution is -0.00499. The van der Waals surface area contributed by atoms with E-state index >= 15 is 0 Å². The maximum atomic E-state index is 9.16. The van der Waals surface area contributed by atoms with E-state index < -0.39 is 0 Å². The van der Waals surface area contributed by atoms with Crippen LogP contribution >= 0.6 is 0 Å². The molecular weight excluding hydrogens is 168 g/mol. The van der Waals surface area contributed by atoms with Gasteiger partial charge in [-0.1, -0.05) is 6.42 Å². The molecule has 0 aromatic heterocycles. The molecule has 78 valence electrons. The van der Waals surface area contributed by atoms with Crippen LogP contribution in [0.1, 0.15) is 25.7 Å². The maximum absolute atomic E-state index is 9.16. The second kappa shape index (κ2) is 5.58. The molecule has 0 unspecified atom stereocenters. The predicted molar refractivity (Wildman–Crippen MR) is 50.7 cm³/mol. The molecular formula is C10H20O3. The molecule has 0 saturated heterocycles. The van der Waals surface area contributed by atoms with Crippen molar-refractivity contribution in [3.8, 4) is 0 Å². The van der Waals surface area contributed by atoms with Crippen LogP contribution in [0.2, 0.25) is 0 Å². The molecule has 3 heteroatoms. The molecule has 0 aliphatic heterocycles. The molecule has 3 nitrogen and oxygen atoms in total. The minimum absolute atomic E-state index is 0.201. The van der Waals surface area contributed by atoms with Gasteiger partial charge >= 0.3 is 0 Å². The van der Waals surface area contributed by atoms with Crippen molar-refractivity contribution < 1.29 is 14.6 Å². The normalized spacial score (nSPS) is 19.8. The van der Waals surface area contributed by atoms with Crippen LogP contribution < -0.4 is 0 Å². The van der Waals surface area contributed by atoms with E-state index in [9.17, 15) is 0 Å². The lowest BCUT2D eigenvalue weighted by atomic mass is 9.67. The molecule has 1 rings (SSSR count). The number of methoxy groups -OCH3 is 1. The zero-order valence-electron chi connectivity index (χ0n) is 8.42. The van der Waals surface area contributed by atoms with E-state index in [0.717, 1.165) is 25.9 Å². The van der Waals surface area contributed by atoms with Crippen LogP contribution in [0.3, 0.4) is 0 Å². The molecule has 0 amide bonds. The van der Waals surface area contributed by atoms with Gasteiger partial charge in [-0.2, -0.15) is 0 Å². The molecule has 0 radical (unpaired) electrons. The largest absolute Gasteiger partial charge is 0.396 e. The highest BCUT2D eigenvalue weighted by atomic mass is 16.5. The Hall–Kier alpha value is -0.120. The Balaban J connectivity index is 1.98. The van der Waals surface area contributed by atoms with Gasteiger partial charge in [0.15, 0.2) is 0 Å². The summed E-state index contributed by atoms with van der Waals surface area (Å²) in [6.07, 6.45) is 4.58. The third-order valence-corrected chi connectivity index (χ3v) is 2.96. The molecule has 0 atom stereocenters. The summed E-state index contributed by atoms with van der Waals surface area (Å²) in [4.78, 5) is 0. The number of aliphatic hydroxyl groups excluding tert-OH is 1. The Morgan fingerprint density at radius 1 is 1.23 bits per heavy atom. The third-order valence-electron chi connectivity index (χ3n) is 2.96. The van der Waals surface area contributed by atoms with Crippen molar-refractivity contribution in [2.75, 3.05) is 33.5 Å². The summed E-state index contributed by atoms with van der Waals surface area (Å²) < 4.78 is 10.2. The van der Waals surface area contributed by atoms with Crippen molar-refractivity contribution in [2.24, 2.45) is 5.41 Å². The lowest BCUT2D eigenvalue weighted by Gasteiger charge is -2.40. The smallest absolute Gasteiger partial charge is 0.0700 e. The summed E-state index contributed by atoms with van der Waals surface area (Å²) in [5, 5.41) is 9.16. The van der Waals surface area contributed by atoms with E-state index in [2.05, 4.69) is 0 Å². The maximum Gasteiger partial charge on any atom is 0.0700 e. The van der Waals surface area contributed by atoms with Gasteiger partial charge in [0.2, 0.25) is 0 Å². The molecule has 1 saturated carbocycles. The van der Waals surface area contributed by atoms with E-state index in [1.54, 1.807) is 7.11 Å². The molecule has 0 spiro atoms. The number of ether oxygens (including phenoxy) is 2. The second-order valence-corrected chi connectivity index (χ2v) is 3.87. The summed E-state index contributed by atoms with van der Waals surface area (Å²) in [6.45, 7) is 2.40. The number of hydrogen-bond acceptors (Lipinski definition) is 3. The van der Waals surface area contributed by atoms with Crippen LogP contribution in [0.5, 0.6) is 0 Å². The molecule has 1 fully saturated rings. The van der Waals surface area contributed by atoms with Crippen molar-refractivity contribution >= 4 is 0 Å². The molecule has 0 heterocycles. The summed E-state index contributed by atoms with van der Waals surface area (Å²) in [5.74, 6) is 0. The summed E-state index contributed by atoms with van der Waals surface area (Å²) in [5.41, 5.74) is 0.201. The van der Waals surface area contributed by atoms with Crippen molar-refractivity contribution in [1.29, 1.82) is 0 Å². The average Bonchev–Trinajstić information content (AvgIpc) is 2.09. The van der Waals surface area contributed by atoms with Gasteiger partial charge in [0.1, 0.15) is 0 Å². The fraction of sp³-hybridized carbons (Fsp3) is 1.00. The molecule has 1 aliphatic rings. The van der Waals surface area contributed by atoms with Gasteiger partial charge in [-0.3, -0.25) is 0 Å².